The molecule has 3 rings (SSSR count). The summed E-state index contributed by atoms with van der Waals surface area (Å²) in [5.74, 6) is -0.252. The standard InChI is InChI=1S/C31H38ClN3O6S/c1-6-22(3)33-31(37)27(7-2)34(20-23-11-9-8-10-12-23)30(36)21-35(25-15-13-24(32)14-16-25)42(38,39)26-17-18-28(40-4)29(19-26)41-5/h8-19,22,27H,6-7,20-21H2,1-5H3,(H,33,37)/t22-,27-/m0/s1. The Balaban J connectivity index is 2.08. The first-order valence-electron chi connectivity index (χ1n) is 13.7. The van der Waals surface area contributed by atoms with Gasteiger partial charge in [-0.1, -0.05) is 55.8 Å². The van der Waals surface area contributed by atoms with Crippen molar-refractivity contribution in [1.29, 1.82) is 0 Å². The molecule has 0 saturated heterocycles. The molecule has 11 heteroatoms. The SMILES string of the molecule is CC[C@H](C)NC(=O)[C@H](CC)N(Cc1ccccc1)C(=O)CN(c1ccc(Cl)cc1)S(=O)(=O)c1ccc(OC)c(OC)c1. The third-order valence-electron chi connectivity index (χ3n) is 6.92. The second-order valence-electron chi connectivity index (χ2n) is 9.75. The molecule has 1 N–H and O–H groups in total. The average molecular weight is 616 g/mol. The third kappa shape index (κ3) is 7.95. The van der Waals surface area contributed by atoms with Gasteiger partial charge >= 0.3 is 0 Å². The molecule has 0 heterocycles. The molecule has 0 unspecified atom stereocenters. The summed E-state index contributed by atoms with van der Waals surface area (Å²) in [5, 5.41) is 3.38. The molecule has 42 heavy (non-hydrogen) atoms. The van der Waals surface area contributed by atoms with E-state index >= 15 is 0 Å². The molecule has 0 aliphatic rings. The zero-order chi connectivity index (χ0) is 30.9. The van der Waals surface area contributed by atoms with Crippen molar-refractivity contribution in [1.82, 2.24) is 10.2 Å². The molecular formula is C31H38ClN3O6S. The monoisotopic (exact) mass is 615 g/mol. The van der Waals surface area contributed by atoms with E-state index in [1.54, 1.807) is 12.1 Å². The first-order chi connectivity index (χ1) is 20.0. The Hall–Kier alpha value is -3.76. The van der Waals surface area contributed by atoms with Gasteiger partial charge in [-0.05, 0) is 61.7 Å². The lowest BCUT2D eigenvalue weighted by atomic mass is 10.1. The molecule has 0 aliphatic heterocycles. The fourth-order valence-electron chi connectivity index (χ4n) is 4.38. The maximum Gasteiger partial charge on any atom is 0.264 e. The van der Waals surface area contributed by atoms with E-state index in [2.05, 4.69) is 5.32 Å². The van der Waals surface area contributed by atoms with Crippen molar-refractivity contribution in [3.05, 3.63) is 83.4 Å². The van der Waals surface area contributed by atoms with Crippen LogP contribution in [0.5, 0.6) is 11.5 Å². The number of anilines is 1. The van der Waals surface area contributed by atoms with Gasteiger partial charge in [-0.2, -0.15) is 0 Å². The summed E-state index contributed by atoms with van der Waals surface area (Å²) in [7, 11) is -1.43. The highest BCUT2D eigenvalue weighted by Gasteiger charge is 2.34. The van der Waals surface area contributed by atoms with Crippen LogP contribution in [0.2, 0.25) is 5.02 Å². The van der Waals surface area contributed by atoms with Gasteiger partial charge in [-0.15, -0.1) is 0 Å². The molecule has 3 aromatic carbocycles. The normalized spacial score (nSPS) is 12.6. The molecule has 0 fully saturated rings. The molecule has 226 valence electrons. The first-order valence-corrected chi connectivity index (χ1v) is 15.5. The summed E-state index contributed by atoms with van der Waals surface area (Å²) in [6.45, 7) is 5.24. The molecular weight excluding hydrogens is 578 g/mol. The summed E-state index contributed by atoms with van der Waals surface area (Å²) < 4.78 is 39.8. The second-order valence-corrected chi connectivity index (χ2v) is 12.1. The van der Waals surface area contributed by atoms with Crippen molar-refractivity contribution >= 4 is 39.1 Å². The minimum absolute atomic E-state index is 0.0868. The molecule has 0 bridgehead atoms. The molecule has 0 saturated carbocycles. The lowest BCUT2D eigenvalue weighted by Crippen LogP contribution is -2.53. The molecule has 9 nitrogen and oxygen atoms in total. The quantitative estimate of drug-likeness (QED) is 0.265. The number of benzene rings is 3. The molecule has 0 radical (unpaired) electrons. The van der Waals surface area contributed by atoms with Gasteiger partial charge in [0, 0.05) is 23.7 Å². The van der Waals surface area contributed by atoms with Crippen molar-refractivity contribution in [2.24, 2.45) is 0 Å². The Morgan fingerprint density at radius 2 is 1.55 bits per heavy atom. The Labute approximate surface area is 253 Å². The Morgan fingerprint density at radius 1 is 0.905 bits per heavy atom. The Morgan fingerprint density at radius 3 is 2.12 bits per heavy atom. The summed E-state index contributed by atoms with van der Waals surface area (Å²) in [4.78, 5) is 28.8. The van der Waals surface area contributed by atoms with Gasteiger partial charge in [0.1, 0.15) is 12.6 Å². The second kappa shape index (κ2) is 14.9. The van der Waals surface area contributed by atoms with E-state index < -0.39 is 28.5 Å². The van der Waals surface area contributed by atoms with E-state index in [4.69, 9.17) is 21.1 Å². The van der Waals surface area contributed by atoms with Gasteiger partial charge in [0.15, 0.2) is 11.5 Å². The fourth-order valence-corrected chi connectivity index (χ4v) is 5.94. The first kappa shape index (κ1) is 32.8. The predicted molar refractivity (Wildman–Crippen MR) is 164 cm³/mol. The fraction of sp³-hybridized carbons (Fsp3) is 0.355. The van der Waals surface area contributed by atoms with Crippen molar-refractivity contribution in [2.75, 3.05) is 25.1 Å². The minimum atomic E-state index is -4.29. The smallest absolute Gasteiger partial charge is 0.264 e. The number of ether oxygens (including phenoxy) is 2. The van der Waals surface area contributed by atoms with E-state index in [9.17, 15) is 18.0 Å². The number of nitrogens with zero attached hydrogens (tertiary/aromatic N) is 2. The largest absolute Gasteiger partial charge is 0.493 e. The zero-order valence-corrected chi connectivity index (χ0v) is 26.1. The average Bonchev–Trinajstić information content (AvgIpc) is 3.00. The Bertz CT molecular complexity index is 1450. The number of sulfonamides is 1. The van der Waals surface area contributed by atoms with Crippen LogP contribution in [0.1, 0.15) is 39.2 Å². The van der Waals surface area contributed by atoms with E-state index in [0.29, 0.717) is 17.2 Å². The summed E-state index contributed by atoms with van der Waals surface area (Å²) in [5.41, 5.74) is 1.04. The summed E-state index contributed by atoms with van der Waals surface area (Å²) >= 11 is 6.10. The van der Waals surface area contributed by atoms with Crippen LogP contribution in [0.15, 0.2) is 77.7 Å². The van der Waals surface area contributed by atoms with Gasteiger partial charge in [0.2, 0.25) is 11.8 Å². The number of hydrogen-bond acceptors (Lipinski definition) is 6. The number of rotatable bonds is 14. The van der Waals surface area contributed by atoms with Crippen LogP contribution < -0.4 is 19.1 Å². The van der Waals surface area contributed by atoms with Crippen LogP contribution in [0.3, 0.4) is 0 Å². The molecule has 0 aromatic heterocycles. The topological polar surface area (TPSA) is 105 Å². The lowest BCUT2D eigenvalue weighted by Gasteiger charge is -2.33. The highest BCUT2D eigenvalue weighted by Crippen LogP contribution is 2.32. The molecule has 0 aliphatic carbocycles. The zero-order valence-electron chi connectivity index (χ0n) is 24.5. The summed E-state index contributed by atoms with van der Waals surface area (Å²) in [6, 6.07) is 18.8. The van der Waals surface area contributed by atoms with Crippen LogP contribution in [0.25, 0.3) is 0 Å². The molecule has 2 atom stereocenters. The number of methoxy groups -OCH3 is 2. The van der Waals surface area contributed by atoms with Crippen molar-refractivity contribution in [2.45, 2.75) is 57.1 Å². The van der Waals surface area contributed by atoms with E-state index in [1.807, 2.05) is 51.1 Å². The highest BCUT2D eigenvalue weighted by atomic mass is 35.5. The van der Waals surface area contributed by atoms with E-state index in [-0.39, 0.29) is 34.8 Å². The van der Waals surface area contributed by atoms with Crippen LogP contribution >= 0.6 is 11.6 Å². The van der Waals surface area contributed by atoms with Crippen LogP contribution in [-0.2, 0) is 26.2 Å². The van der Waals surface area contributed by atoms with Crippen molar-refractivity contribution in [3.8, 4) is 11.5 Å². The number of hydrogen-bond donors (Lipinski definition) is 1. The van der Waals surface area contributed by atoms with Crippen molar-refractivity contribution in [3.63, 3.8) is 0 Å². The van der Waals surface area contributed by atoms with Gasteiger partial charge in [0.05, 0.1) is 24.8 Å². The summed E-state index contributed by atoms with van der Waals surface area (Å²) in [6.07, 6.45) is 1.06. The van der Waals surface area contributed by atoms with E-state index in [0.717, 1.165) is 16.3 Å². The van der Waals surface area contributed by atoms with Crippen molar-refractivity contribution < 1.29 is 27.5 Å². The lowest BCUT2D eigenvalue weighted by molar-refractivity contribution is -0.140. The third-order valence-corrected chi connectivity index (χ3v) is 8.94. The van der Waals surface area contributed by atoms with Crippen LogP contribution in [-0.4, -0.2) is 58.0 Å². The van der Waals surface area contributed by atoms with Gasteiger partial charge < -0.3 is 19.7 Å². The van der Waals surface area contributed by atoms with Gasteiger partial charge in [-0.3, -0.25) is 13.9 Å². The number of amides is 2. The molecule has 3 aromatic rings. The minimum Gasteiger partial charge on any atom is -0.493 e. The molecule has 0 spiro atoms. The number of halogens is 1. The van der Waals surface area contributed by atoms with Crippen LogP contribution in [0.4, 0.5) is 5.69 Å². The van der Waals surface area contributed by atoms with Gasteiger partial charge in [0.25, 0.3) is 10.0 Å². The molecule has 2 amide bonds. The highest BCUT2D eigenvalue weighted by molar-refractivity contribution is 7.92. The number of carbonyl (C=O) groups is 2. The Kier molecular flexibility index (Phi) is 11.6. The number of carbonyl (C=O) groups excluding carboxylic acids is 2. The predicted octanol–water partition coefficient (Wildman–Crippen LogP) is 5.27. The maximum absolute atomic E-state index is 14.1. The van der Waals surface area contributed by atoms with E-state index in [1.165, 1.54) is 49.5 Å². The maximum atomic E-state index is 14.1. The number of nitrogens with one attached hydrogen (secondary N) is 1. The van der Waals surface area contributed by atoms with Gasteiger partial charge in [-0.25, -0.2) is 8.42 Å². The van der Waals surface area contributed by atoms with Crippen LogP contribution in [0, 0.1) is 0 Å².